The lowest BCUT2D eigenvalue weighted by molar-refractivity contribution is 0.0955. The molecule has 0 spiro atoms. The molecular formula is C8H7N3O. The summed E-state index contributed by atoms with van der Waals surface area (Å²) in [5, 5.41) is 0. The van der Waals surface area contributed by atoms with Crippen molar-refractivity contribution in [3.63, 3.8) is 0 Å². The van der Waals surface area contributed by atoms with Gasteiger partial charge >= 0.3 is 0 Å². The Kier molecular flexibility index (Phi) is 1.51. The molecule has 0 aliphatic heterocycles. The lowest BCUT2D eigenvalue weighted by atomic mass is 10.4. The average molecular weight is 161 g/mol. The highest BCUT2D eigenvalue weighted by Gasteiger charge is 2.06. The van der Waals surface area contributed by atoms with Crippen LogP contribution in [-0.4, -0.2) is 20.4 Å². The van der Waals surface area contributed by atoms with Crippen molar-refractivity contribution >= 4 is 5.91 Å². The quantitative estimate of drug-likeness (QED) is 0.675. The molecule has 0 aliphatic carbocycles. The first-order chi connectivity index (χ1) is 5.88. The van der Waals surface area contributed by atoms with Gasteiger partial charge in [-0.3, -0.25) is 9.36 Å². The number of imidazole rings is 1. The van der Waals surface area contributed by atoms with Crippen LogP contribution in [0.4, 0.5) is 0 Å². The molecule has 0 radical (unpaired) electrons. The number of hydrogen-bond acceptors (Lipinski definition) is 2. The fraction of sp³-hybridized carbons (Fsp3) is 0. The van der Waals surface area contributed by atoms with Gasteiger partial charge in [-0.15, -0.1) is 0 Å². The van der Waals surface area contributed by atoms with Crippen LogP contribution in [0.25, 0.3) is 0 Å². The van der Waals surface area contributed by atoms with Crippen molar-refractivity contribution < 1.29 is 4.79 Å². The lowest BCUT2D eigenvalue weighted by Crippen LogP contribution is -2.09. The van der Waals surface area contributed by atoms with Gasteiger partial charge in [0.2, 0.25) is 0 Å². The second kappa shape index (κ2) is 2.65. The van der Waals surface area contributed by atoms with Crippen LogP contribution in [0.5, 0.6) is 0 Å². The zero-order chi connectivity index (χ0) is 8.39. The Morgan fingerprint density at radius 1 is 1.58 bits per heavy atom. The maximum atomic E-state index is 11.5. The highest BCUT2D eigenvalue weighted by Crippen LogP contribution is 1.98. The van der Waals surface area contributed by atoms with Crippen molar-refractivity contribution in [2.45, 2.75) is 0 Å². The van der Waals surface area contributed by atoms with Crippen LogP contribution in [0.15, 0.2) is 37.1 Å². The molecule has 0 saturated heterocycles. The molecule has 4 heteroatoms. The monoisotopic (exact) mass is 161 g/mol. The molecule has 60 valence electrons. The van der Waals surface area contributed by atoms with Crippen molar-refractivity contribution in [2.24, 2.45) is 0 Å². The zero-order valence-electron chi connectivity index (χ0n) is 6.27. The summed E-state index contributed by atoms with van der Waals surface area (Å²) >= 11 is 0. The van der Waals surface area contributed by atoms with Crippen LogP contribution in [-0.2, 0) is 0 Å². The maximum Gasteiger partial charge on any atom is 0.279 e. The van der Waals surface area contributed by atoms with E-state index in [1.807, 2.05) is 0 Å². The highest BCUT2D eigenvalue weighted by molar-refractivity contribution is 5.93. The SMILES string of the molecule is O=C(c1ccc[nH]1)n1ccnc1. The van der Waals surface area contributed by atoms with E-state index in [2.05, 4.69) is 9.97 Å². The molecule has 0 bridgehead atoms. The minimum atomic E-state index is -0.0995. The first-order valence-corrected chi connectivity index (χ1v) is 3.54. The molecule has 0 aromatic carbocycles. The Morgan fingerprint density at radius 3 is 3.08 bits per heavy atom. The van der Waals surface area contributed by atoms with E-state index in [1.54, 1.807) is 30.7 Å². The Bertz CT molecular complexity index is 325. The van der Waals surface area contributed by atoms with Crippen LogP contribution in [0.2, 0.25) is 0 Å². The third-order valence-corrected chi connectivity index (χ3v) is 1.57. The minimum Gasteiger partial charge on any atom is -0.357 e. The number of rotatable bonds is 1. The van der Waals surface area contributed by atoms with E-state index >= 15 is 0 Å². The van der Waals surface area contributed by atoms with E-state index in [9.17, 15) is 4.79 Å². The van der Waals surface area contributed by atoms with Crippen LogP contribution in [0.1, 0.15) is 10.5 Å². The summed E-state index contributed by atoms with van der Waals surface area (Å²) in [5.41, 5.74) is 0.563. The van der Waals surface area contributed by atoms with E-state index in [0.29, 0.717) is 5.69 Å². The first-order valence-electron chi connectivity index (χ1n) is 3.54. The van der Waals surface area contributed by atoms with Crippen LogP contribution < -0.4 is 0 Å². The van der Waals surface area contributed by atoms with E-state index < -0.39 is 0 Å². The maximum absolute atomic E-state index is 11.5. The summed E-state index contributed by atoms with van der Waals surface area (Å²) in [7, 11) is 0. The molecule has 0 aliphatic rings. The van der Waals surface area contributed by atoms with Gasteiger partial charge in [0.15, 0.2) is 0 Å². The number of carbonyl (C=O) groups excluding carboxylic acids is 1. The van der Waals surface area contributed by atoms with Crippen molar-refractivity contribution in [1.82, 2.24) is 14.5 Å². The fourth-order valence-corrected chi connectivity index (χ4v) is 0.982. The van der Waals surface area contributed by atoms with Crippen LogP contribution in [0.3, 0.4) is 0 Å². The predicted octanol–water partition coefficient (Wildman–Crippen LogP) is 0.900. The average Bonchev–Trinajstić information content (AvgIpc) is 2.77. The van der Waals surface area contributed by atoms with E-state index in [4.69, 9.17) is 0 Å². The first kappa shape index (κ1) is 6.84. The Morgan fingerprint density at radius 2 is 2.50 bits per heavy atom. The second-order valence-electron chi connectivity index (χ2n) is 2.36. The molecule has 4 nitrogen and oxygen atoms in total. The van der Waals surface area contributed by atoms with Gasteiger partial charge in [0.25, 0.3) is 5.91 Å². The van der Waals surface area contributed by atoms with E-state index in [0.717, 1.165) is 0 Å². The van der Waals surface area contributed by atoms with Crippen molar-refractivity contribution in [1.29, 1.82) is 0 Å². The third kappa shape index (κ3) is 1.03. The van der Waals surface area contributed by atoms with E-state index in [-0.39, 0.29) is 5.91 Å². The number of nitrogens with zero attached hydrogens (tertiary/aromatic N) is 2. The summed E-state index contributed by atoms with van der Waals surface area (Å²) in [4.78, 5) is 18.1. The number of nitrogens with one attached hydrogen (secondary N) is 1. The molecule has 2 rings (SSSR count). The molecule has 2 heterocycles. The predicted molar refractivity (Wildman–Crippen MR) is 42.7 cm³/mol. The molecule has 2 aromatic heterocycles. The largest absolute Gasteiger partial charge is 0.357 e. The van der Waals surface area contributed by atoms with Crippen LogP contribution >= 0.6 is 0 Å². The number of carbonyl (C=O) groups is 1. The normalized spacial score (nSPS) is 10.0. The van der Waals surface area contributed by atoms with Gasteiger partial charge in [-0.1, -0.05) is 0 Å². The molecule has 0 atom stereocenters. The van der Waals surface area contributed by atoms with Gasteiger partial charge in [0.05, 0.1) is 0 Å². The highest BCUT2D eigenvalue weighted by atomic mass is 16.2. The summed E-state index contributed by atoms with van der Waals surface area (Å²) in [6.45, 7) is 0. The molecular weight excluding hydrogens is 154 g/mol. The Balaban J connectivity index is 2.34. The summed E-state index contributed by atoms with van der Waals surface area (Å²) in [6, 6.07) is 3.51. The number of hydrogen-bond donors (Lipinski definition) is 1. The molecule has 2 aromatic rings. The Labute approximate surface area is 68.9 Å². The van der Waals surface area contributed by atoms with Gasteiger partial charge in [0.1, 0.15) is 12.0 Å². The van der Waals surface area contributed by atoms with Gasteiger partial charge in [0, 0.05) is 18.6 Å². The molecule has 0 saturated carbocycles. The molecule has 0 fully saturated rings. The molecule has 12 heavy (non-hydrogen) atoms. The number of H-pyrrole nitrogens is 1. The van der Waals surface area contributed by atoms with Gasteiger partial charge < -0.3 is 4.98 Å². The van der Waals surface area contributed by atoms with Crippen molar-refractivity contribution in [3.05, 3.63) is 42.7 Å². The lowest BCUT2D eigenvalue weighted by Gasteiger charge is -1.95. The summed E-state index contributed by atoms with van der Waals surface area (Å²) in [5.74, 6) is -0.0995. The van der Waals surface area contributed by atoms with Gasteiger partial charge in [-0.25, -0.2) is 4.98 Å². The number of aromatic amines is 1. The molecule has 1 N–H and O–H groups in total. The zero-order valence-corrected chi connectivity index (χ0v) is 6.27. The van der Waals surface area contributed by atoms with E-state index in [1.165, 1.54) is 10.9 Å². The number of aromatic nitrogens is 3. The van der Waals surface area contributed by atoms with Gasteiger partial charge in [-0.05, 0) is 12.1 Å². The third-order valence-electron chi connectivity index (χ3n) is 1.57. The second-order valence-corrected chi connectivity index (χ2v) is 2.36. The molecule has 0 unspecified atom stereocenters. The topological polar surface area (TPSA) is 50.7 Å². The Hall–Kier alpha value is -1.84. The van der Waals surface area contributed by atoms with Crippen molar-refractivity contribution in [2.75, 3.05) is 0 Å². The van der Waals surface area contributed by atoms with Crippen molar-refractivity contribution in [3.8, 4) is 0 Å². The standard InChI is InChI=1S/C8H7N3O/c12-8(7-2-1-3-10-7)11-5-4-9-6-11/h1-6,10H. The molecule has 0 amide bonds. The van der Waals surface area contributed by atoms with Gasteiger partial charge in [-0.2, -0.15) is 0 Å². The minimum absolute atomic E-state index is 0.0995. The fourth-order valence-electron chi connectivity index (χ4n) is 0.982. The smallest absolute Gasteiger partial charge is 0.279 e. The van der Waals surface area contributed by atoms with Crippen LogP contribution in [0, 0.1) is 0 Å². The summed E-state index contributed by atoms with van der Waals surface area (Å²) in [6.07, 6.45) is 6.37. The summed E-state index contributed by atoms with van der Waals surface area (Å²) < 4.78 is 1.42.